The van der Waals surface area contributed by atoms with Gasteiger partial charge in [0.2, 0.25) is 0 Å². The van der Waals surface area contributed by atoms with Crippen molar-refractivity contribution < 1.29 is 17.9 Å². The first kappa shape index (κ1) is 20.5. The summed E-state index contributed by atoms with van der Waals surface area (Å²) in [5.41, 5.74) is 2.08. The third-order valence-electron chi connectivity index (χ3n) is 4.80. The van der Waals surface area contributed by atoms with Crippen molar-refractivity contribution in [1.82, 2.24) is 0 Å². The van der Waals surface area contributed by atoms with E-state index in [9.17, 15) is 13.2 Å². The molecule has 1 unspecified atom stereocenters. The van der Waals surface area contributed by atoms with Crippen LogP contribution in [0.4, 0.5) is 13.2 Å². The molecule has 1 atom stereocenters. The van der Waals surface area contributed by atoms with Crippen LogP contribution in [0, 0.1) is 0 Å². The van der Waals surface area contributed by atoms with Gasteiger partial charge in [0, 0.05) is 27.9 Å². The molecule has 0 saturated heterocycles. The van der Waals surface area contributed by atoms with Gasteiger partial charge in [-0.25, -0.2) is 0 Å². The van der Waals surface area contributed by atoms with E-state index in [0.717, 1.165) is 27.5 Å². The van der Waals surface area contributed by atoms with Crippen LogP contribution in [0.15, 0.2) is 70.6 Å². The van der Waals surface area contributed by atoms with Crippen LogP contribution in [0.2, 0.25) is 0 Å². The van der Waals surface area contributed by atoms with Crippen molar-refractivity contribution in [3.8, 4) is 5.75 Å². The maximum Gasteiger partial charge on any atom is 0.409 e. The van der Waals surface area contributed by atoms with Crippen LogP contribution in [-0.2, 0) is 0 Å². The zero-order valence-corrected chi connectivity index (χ0v) is 16.6. The molecule has 0 radical (unpaired) electrons. The van der Waals surface area contributed by atoms with Crippen molar-refractivity contribution in [3.05, 3.63) is 71.8 Å². The standard InChI is InChI=1S/C22H22F3NOS/c1-3-21(12-7-13-22(23,24)25)15-28-19-11-10-17(27-2)14-18(19)20(26-21)16-8-5-4-6-9-16/h4-11,13-14H,3,12,15H2,1-2H3/b13-7-. The summed E-state index contributed by atoms with van der Waals surface area (Å²) >= 11 is 1.63. The molecule has 1 heterocycles. The number of hydrogen-bond donors (Lipinski definition) is 0. The van der Waals surface area contributed by atoms with Gasteiger partial charge in [-0.2, -0.15) is 13.2 Å². The molecule has 0 fully saturated rings. The zero-order valence-electron chi connectivity index (χ0n) is 15.8. The first-order valence-electron chi connectivity index (χ1n) is 9.07. The Hall–Kier alpha value is -2.21. The number of hydrogen-bond acceptors (Lipinski definition) is 3. The number of allylic oxidation sites excluding steroid dienone is 1. The highest BCUT2D eigenvalue weighted by molar-refractivity contribution is 7.99. The third kappa shape index (κ3) is 4.79. The first-order chi connectivity index (χ1) is 13.4. The first-order valence-corrected chi connectivity index (χ1v) is 10.1. The number of fused-ring (bicyclic) bond motifs is 1. The minimum Gasteiger partial charge on any atom is -0.497 e. The van der Waals surface area contributed by atoms with Gasteiger partial charge in [-0.15, -0.1) is 11.8 Å². The van der Waals surface area contributed by atoms with Crippen LogP contribution in [-0.4, -0.2) is 30.3 Å². The summed E-state index contributed by atoms with van der Waals surface area (Å²) in [6, 6.07) is 15.6. The van der Waals surface area contributed by atoms with E-state index in [1.54, 1.807) is 18.9 Å². The number of benzene rings is 2. The predicted octanol–water partition coefficient (Wildman–Crippen LogP) is 6.30. The second kappa shape index (κ2) is 8.43. The van der Waals surface area contributed by atoms with Crippen molar-refractivity contribution in [2.45, 2.75) is 36.4 Å². The van der Waals surface area contributed by atoms with Crippen molar-refractivity contribution in [1.29, 1.82) is 0 Å². The highest BCUT2D eigenvalue weighted by Gasteiger charge is 2.32. The fraction of sp³-hybridized carbons (Fsp3) is 0.318. The Bertz CT molecular complexity index is 877. The van der Waals surface area contributed by atoms with Gasteiger partial charge in [0.25, 0.3) is 0 Å². The summed E-state index contributed by atoms with van der Waals surface area (Å²) in [6.07, 6.45) is -1.92. The molecule has 2 aromatic carbocycles. The summed E-state index contributed by atoms with van der Waals surface area (Å²) in [5.74, 6) is 1.34. The van der Waals surface area contributed by atoms with Crippen molar-refractivity contribution in [3.63, 3.8) is 0 Å². The number of methoxy groups -OCH3 is 1. The molecule has 1 aliphatic rings. The van der Waals surface area contributed by atoms with Crippen LogP contribution in [0.3, 0.4) is 0 Å². The fourth-order valence-electron chi connectivity index (χ4n) is 3.15. The third-order valence-corrected chi connectivity index (χ3v) is 6.15. The molecule has 0 N–H and O–H groups in total. The Balaban J connectivity index is 2.11. The summed E-state index contributed by atoms with van der Waals surface area (Å²) in [6.45, 7) is 1.98. The highest BCUT2D eigenvalue weighted by atomic mass is 32.2. The largest absolute Gasteiger partial charge is 0.497 e. The molecule has 0 aromatic heterocycles. The molecule has 0 spiro atoms. The van der Waals surface area contributed by atoms with E-state index in [1.165, 1.54) is 6.08 Å². The van der Waals surface area contributed by atoms with Gasteiger partial charge in [0.15, 0.2) is 0 Å². The molecular weight excluding hydrogens is 383 g/mol. The molecule has 0 bridgehead atoms. The van der Waals surface area contributed by atoms with E-state index in [2.05, 4.69) is 0 Å². The molecule has 148 valence electrons. The van der Waals surface area contributed by atoms with E-state index in [1.807, 2.05) is 55.5 Å². The average Bonchev–Trinajstić information content (AvgIpc) is 2.85. The Labute approximate surface area is 167 Å². The molecule has 0 saturated carbocycles. The smallest absolute Gasteiger partial charge is 0.409 e. The summed E-state index contributed by atoms with van der Waals surface area (Å²) in [5, 5.41) is 0. The molecule has 3 rings (SSSR count). The lowest BCUT2D eigenvalue weighted by Gasteiger charge is -2.27. The van der Waals surface area contributed by atoms with Gasteiger partial charge in [-0.3, -0.25) is 4.99 Å². The average molecular weight is 405 g/mol. The lowest BCUT2D eigenvalue weighted by molar-refractivity contribution is -0.0800. The van der Waals surface area contributed by atoms with E-state index < -0.39 is 11.7 Å². The molecule has 1 aliphatic heterocycles. The number of halogens is 3. The summed E-state index contributed by atoms with van der Waals surface area (Å²) < 4.78 is 43.2. The molecular formula is C22H22F3NOS. The monoisotopic (exact) mass is 405 g/mol. The SMILES string of the molecule is CCC1(C/C=C\C(F)(F)F)CSc2ccc(OC)cc2C(c2ccccc2)=N1. The van der Waals surface area contributed by atoms with Crippen LogP contribution < -0.4 is 4.74 Å². The van der Waals surface area contributed by atoms with Crippen molar-refractivity contribution in [2.24, 2.45) is 4.99 Å². The van der Waals surface area contributed by atoms with Crippen LogP contribution >= 0.6 is 11.8 Å². The van der Waals surface area contributed by atoms with Gasteiger partial charge in [0.05, 0.1) is 18.4 Å². The summed E-state index contributed by atoms with van der Waals surface area (Å²) in [4.78, 5) is 6.11. The Morgan fingerprint density at radius 1 is 1.18 bits per heavy atom. The van der Waals surface area contributed by atoms with E-state index in [0.29, 0.717) is 18.2 Å². The quantitative estimate of drug-likeness (QED) is 0.545. The number of nitrogens with zero attached hydrogens (tertiary/aromatic N) is 1. The zero-order chi connectivity index (χ0) is 20.2. The van der Waals surface area contributed by atoms with Crippen LogP contribution in [0.25, 0.3) is 0 Å². The molecule has 0 aliphatic carbocycles. The van der Waals surface area contributed by atoms with E-state index in [-0.39, 0.29) is 6.42 Å². The molecule has 6 heteroatoms. The number of ether oxygens (including phenoxy) is 1. The van der Waals surface area contributed by atoms with Gasteiger partial charge in [0.1, 0.15) is 5.75 Å². The van der Waals surface area contributed by atoms with Gasteiger partial charge in [-0.05, 0) is 31.0 Å². The Kier molecular flexibility index (Phi) is 6.18. The fourth-order valence-corrected chi connectivity index (χ4v) is 4.43. The van der Waals surface area contributed by atoms with Crippen molar-refractivity contribution in [2.75, 3.05) is 12.9 Å². The lowest BCUT2D eigenvalue weighted by Crippen LogP contribution is -2.29. The van der Waals surface area contributed by atoms with Crippen LogP contribution in [0.5, 0.6) is 5.75 Å². The Morgan fingerprint density at radius 3 is 2.57 bits per heavy atom. The van der Waals surface area contributed by atoms with E-state index in [4.69, 9.17) is 9.73 Å². The van der Waals surface area contributed by atoms with Gasteiger partial charge < -0.3 is 4.74 Å². The topological polar surface area (TPSA) is 21.6 Å². The molecule has 2 nitrogen and oxygen atoms in total. The normalized spacial score (nSPS) is 19.8. The number of rotatable bonds is 5. The second-order valence-electron chi connectivity index (χ2n) is 6.70. The highest BCUT2D eigenvalue weighted by Crippen LogP contribution is 2.39. The molecule has 2 aromatic rings. The van der Waals surface area contributed by atoms with Crippen molar-refractivity contribution >= 4 is 17.5 Å². The maximum atomic E-state index is 12.6. The molecule has 28 heavy (non-hydrogen) atoms. The number of aliphatic imine (C=N–C) groups is 1. The minimum atomic E-state index is -4.31. The maximum absolute atomic E-state index is 12.6. The lowest BCUT2D eigenvalue weighted by atomic mass is 9.92. The van der Waals surface area contributed by atoms with Gasteiger partial charge >= 0.3 is 6.18 Å². The number of alkyl halides is 3. The number of thioether (sulfide) groups is 1. The Morgan fingerprint density at radius 2 is 1.93 bits per heavy atom. The van der Waals surface area contributed by atoms with E-state index >= 15 is 0 Å². The summed E-state index contributed by atoms with van der Waals surface area (Å²) in [7, 11) is 1.61. The minimum absolute atomic E-state index is 0.234. The van der Waals surface area contributed by atoms with Gasteiger partial charge in [-0.1, -0.05) is 43.3 Å². The molecule has 0 amide bonds. The second-order valence-corrected chi connectivity index (χ2v) is 7.72. The van der Waals surface area contributed by atoms with Crippen LogP contribution in [0.1, 0.15) is 30.9 Å². The predicted molar refractivity (Wildman–Crippen MR) is 109 cm³/mol.